The summed E-state index contributed by atoms with van der Waals surface area (Å²) in [5, 5.41) is 11.5. The summed E-state index contributed by atoms with van der Waals surface area (Å²) in [7, 11) is 0. The average Bonchev–Trinajstić information content (AvgIpc) is 3.28. The fourth-order valence-corrected chi connectivity index (χ4v) is 3.37. The van der Waals surface area contributed by atoms with Gasteiger partial charge in [-0.1, -0.05) is 18.2 Å². The number of rotatable bonds is 7. The molecule has 3 N–H and O–H groups in total. The lowest BCUT2D eigenvalue weighted by atomic mass is 10.1. The highest BCUT2D eigenvalue weighted by molar-refractivity contribution is 5.94. The second-order valence-corrected chi connectivity index (χ2v) is 7.19. The first kappa shape index (κ1) is 21.1. The van der Waals surface area contributed by atoms with Crippen molar-refractivity contribution in [3.05, 3.63) is 93.4 Å². The molecule has 2 aromatic carbocycles. The normalized spacial score (nSPS) is 11.8. The zero-order valence-corrected chi connectivity index (χ0v) is 17.0. The molecule has 0 unspecified atom stereocenters. The standard InChI is InChI=1S/C23H21N3O6/c27-21(25-30)17-6-3-16(4-7-17)13-26-11-1-2-18(23(26)29)22(28)24-10-9-15-5-8-19-20(12-15)32-14-31-19/h1-8,11-12,30H,9-10,13-14H2,(H,24,28)(H,25,27). The van der Waals surface area contributed by atoms with Crippen LogP contribution in [0.15, 0.2) is 65.6 Å². The Balaban J connectivity index is 1.38. The highest BCUT2D eigenvalue weighted by Gasteiger charge is 2.15. The van der Waals surface area contributed by atoms with E-state index in [1.807, 2.05) is 18.2 Å². The van der Waals surface area contributed by atoms with Crippen LogP contribution >= 0.6 is 0 Å². The van der Waals surface area contributed by atoms with Gasteiger partial charge in [0.2, 0.25) is 6.79 Å². The lowest BCUT2D eigenvalue weighted by Crippen LogP contribution is -2.33. The first-order valence-electron chi connectivity index (χ1n) is 9.95. The van der Waals surface area contributed by atoms with Crippen molar-refractivity contribution in [1.82, 2.24) is 15.4 Å². The van der Waals surface area contributed by atoms with Crippen molar-refractivity contribution in [2.75, 3.05) is 13.3 Å². The van der Waals surface area contributed by atoms with E-state index in [0.717, 1.165) is 11.1 Å². The summed E-state index contributed by atoms with van der Waals surface area (Å²) < 4.78 is 12.1. The predicted octanol–water partition coefficient (Wildman–Crippen LogP) is 1.72. The Bertz CT molecular complexity index is 1200. The van der Waals surface area contributed by atoms with E-state index in [2.05, 4.69) is 5.32 Å². The van der Waals surface area contributed by atoms with Gasteiger partial charge >= 0.3 is 0 Å². The van der Waals surface area contributed by atoms with Crippen molar-refractivity contribution >= 4 is 11.8 Å². The van der Waals surface area contributed by atoms with Crippen molar-refractivity contribution in [3.8, 4) is 11.5 Å². The second-order valence-electron chi connectivity index (χ2n) is 7.19. The van der Waals surface area contributed by atoms with Crippen molar-refractivity contribution in [1.29, 1.82) is 0 Å². The molecular weight excluding hydrogens is 414 g/mol. The van der Waals surface area contributed by atoms with Crippen LogP contribution in [0.2, 0.25) is 0 Å². The molecule has 4 rings (SSSR count). The number of hydrogen-bond donors (Lipinski definition) is 3. The molecule has 3 aromatic rings. The zero-order chi connectivity index (χ0) is 22.5. The fourth-order valence-electron chi connectivity index (χ4n) is 3.37. The molecule has 1 aromatic heterocycles. The summed E-state index contributed by atoms with van der Waals surface area (Å²) in [5.74, 6) is 0.326. The van der Waals surface area contributed by atoms with Crippen molar-refractivity contribution in [2.45, 2.75) is 13.0 Å². The number of hydrogen-bond acceptors (Lipinski definition) is 6. The number of nitrogens with one attached hydrogen (secondary N) is 2. The highest BCUT2D eigenvalue weighted by atomic mass is 16.7. The zero-order valence-electron chi connectivity index (χ0n) is 17.0. The van der Waals surface area contributed by atoms with E-state index in [4.69, 9.17) is 14.7 Å². The SMILES string of the molecule is O=C(NO)c1ccc(Cn2cccc(C(=O)NCCc3ccc4c(c3)OCO4)c2=O)cc1. The van der Waals surface area contributed by atoms with Gasteiger partial charge in [0.15, 0.2) is 11.5 Å². The van der Waals surface area contributed by atoms with Gasteiger partial charge in [-0.25, -0.2) is 5.48 Å². The lowest BCUT2D eigenvalue weighted by Gasteiger charge is -2.10. The van der Waals surface area contributed by atoms with Gasteiger partial charge in [-0.3, -0.25) is 19.6 Å². The molecule has 0 aliphatic carbocycles. The maximum atomic E-state index is 12.8. The Morgan fingerprint density at radius 2 is 1.72 bits per heavy atom. The van der Waals surface area contributed by atoms with E-state index in [0.29, 0.717) is 30.0 Å². The fraction of sp³-hybridized carbons (Fsp3) is 0.174. The Labute approximate surface area is 183 Å². The number of nitrogens with zero attached hydrogens (tertiary/aromatic N) is 1. The first-order valence-corrected chi connectivity index (χ1v) is 9.95. The molecular formula is C23H21N3O6. The molecule has 9 nitrogen and oxygen atoms in total. The summed E-state index contributed by atoms with van der Waals surface area (Å²) in [4.78, 5) is 36.7. The molecule has 1 aliphatic rings. The largest absolute Gasteiger partial charge is 0.454 e. The first-order chi connectivity index (χ1) is 15.5. The van der Waals surface area contributed by atoms with Crippen LogP contribution in [0.1, 0.15) is 31.8 Å². The van der Waals surface area contributed by atoms with Crippen LogP contribution in [-0.4, -0.2) is 34.9 Å². The number of fused-ring (bicyclic) bond motifs is 1. The molecule has 9 heteroatoms. The topological polar surface area (TPSA) is 119 Å². The Kier molecular flexibility index (Phi) is 6.18. The molecule has 1 aliphatic heterocycles. The number of carbonyl (C=O) groups is 2. The van der Waals surface area contributed by atoms with Gasteiger partial charge in [-0.05, 0) is 53.9 Å². The molecule has 164 valence electrons. The lowest BCUT2D eigenvalue weighted by molar-refractivity contribution is 0.0706. The molecule has 0 saturated carbocycles. The predicted molar refractivity (Wildman–Crippen MR) is 114 cm³/mol. The molecule has 0 spiro atoms. The van der Waals surface area contributed by atoms with Gasteiger partial charge < -0.3 is 19.4 Å². The van der Waals surface area contributed by atoms with E-state index in [9.17, 15) is 14.4 Å². The molecule has 0 radical (unpaired) electrons. The van der Waals surface area contributed by atoms with Gasteiger partial charge in [0.1, 0.15) is 5.56 Å². The maximum Gasteiger partial charge on any atom is 0.274 e. The molecule has 2 amide bonds. The minimum absolute atomic E-state index is 0.0504. The van der Waals surface area contributed by atoms with Gasteiger partial charge in [0.25, 0.3) is 17.4 Å². The number of ether oxygens (including phenoxy) is 2. The van der Waals surface area contributed by atoms with Crippen LogP contribution < -0.4 is 25.8 Å². The summed E-state index contributed by atoms with van der Waals surface area (Å²) in [6.07, 6.45) is 2.18. The van der Waals surface area contributed by atoms with E-state index in [1.165, 1.54) is 10.6 Å². The van der Waals surface area contributed by atoms with Gasteiger partial charge in [-0.2, -0.15) is 0 Å². The van der Waals surface area contributed by atoms with Crippen LogP contribution in [0.3, 0.4) is 0 Å². The van der Waals surface area contributed by atoms with Gasteiger partial charge in [0, 0.05) is 18.3 Å². The Hall–Kier alpha value is -4.11. The third kappa shape index (κ3) is 4.62. The molecule has 0 atom stereocenters. The van der Waals surface area contributed by atoms with E-state index >= 15 is 0 Å². The number of hydroxylamine groups is 1. The molecule has 0 saturated heterocycles. The molecule has 32 heavy (non-hydrogen) atoms. The number of carbonyl (C=O) groups excluding carboxylic acids is 2. The van der Waals surface area contributed by atoms with Crippen LogP contribution in [0.5, 0.6) is 11.5 Å². The summed E-state index contributed by atoms with van der Waals surface area (Å²) in [6, 6.07) is 15.2. The number of amides is 2. The van der Waals surface area contributed by atoms with Gasteiger partial charge in [-0.15, -0.1) is 0 Å². The maximum absolute atomic E-state index is 12.8. The van der Waals surface area contributed by atoms with E-state index < -0.39 is 17.4 Å². The Morgan fingerprint density at radius 1 is 0.969 bits per heavy atom. The third-order valence-corrected chi connectivity index (χ3v) is 5.07. The van der Waals surface area contributed by atoms with E-state index in [-0.39, 0.29) is 18.9 Å². The monoisotopic (exact) mass is 435 g/mol. The van der Waals surface area contributed by atoms with Gasteiger partial charge in [0.05, 0.1) is 6.54 Å². The van der Waals surface area contributed by atoms with Crippen LogP contribution in [0.4, 0.5) is 0 Å². The smallest absolute Gasteiger partial charge is 0.274 e. The van der Waals surface area contributed by atoms with Crippen LogP contribution in [0, 0.1) is 0 Å². The molecule has 0 bridgehead atoms. The van der Waals surface area contributed by atoms with Crippen molar-refractivity contribution in [3.63, 3.8) is 0 Å². The Morgan fingerprint density at radius 3 is 2.50 bits per heavy atom. The van der Waals surface area contributed by atoms with Crippen LogP contribution in [0.25, 0.3) is 0 Å². The van der Waals surface area contributed by atoms with Crippen LogP contribution in [-0.2, 0) is 13.0 Å². The molecule has 2 heterocycles. The van der Waals surface area contributed by atoms with Crippen molar-refractivity contribution < 1.29 is 24.3 Å². The second kappa shape index (κ2) is 9.36. The number of pyridine rings is 1. The summed E-state index contributed by atoms with van der Waals surface area (Å²) in [5.41, 5.74) is 3.25. The quantitative estimate of drug-likeness (QED) is 0.384. The van der Waals surface area contributed by atoms with E-state index in [1.54, 1.807) is 42.0 Å². The highest BCUT2D eigenvalue weighted by Crippen LogP contribution is 2.32. The summed E-state index contributed by atoms with van der Waals surface area (Å²) >= 11 is 0. The average molecular weight is 435 g/mol. The van der Waals surface area contributed by atoms with Crippen molar-refractivity contribution in [2.24, 2.45) is 0 Å². The number of aromatic nitrogens is 1. The minimum Gasteiger partial charge on any atom is -0.454 e. The minimum atomic E-state index is -0.617. The summed E-state index contributed by atoms with van der Waals surface area (Å²) in [6.45, 7) is 0.803. The number of benzene rings is 2. The molecule has 0 fully saturated rings. The third-order valence-electron chi connectivity index (χ3n) is 5.07.